The lowest BCUT2D eigenvalue weighted by atomic mass is 10.3. The number of aromatic nitrogens is 2. The monoisotopic (exact) mass is 254 g/mol. The fourth-order valence-corrected chi connectivity index (χ4v) is 2.16. The largest absolute Gasteiger partial charge is 0.325 e. The van der Waals surface area contributed by atoms with E-state index in [2.05, 4.69) is 5.10 Å². The number of rotatable bonds is 5. The van der Waals surface area contributed by atoms with Crippen molar-refractivity contribution < 1.29 is 17.2 Å². The first-order valence-electron chi connectivity index (χ1n) is 4.34. The van der Waals surface area contributed by atoms with Crippen LogP contribution in [0.15, 0.2) is 17.3 Å². The first kappa shape index (κ1) is 13.0. The quantitative estimate of drug-likeness (QED) is 0.726. The molecule has 0 saturated carbocycles. The molecule has 1 rings (SSSR count). The molecule has 3 N–H and O–H groups in total. The SMILES string of the molecule is Cn1nccc1S(=O)(=O)NCC(F)(F)CN. The van der Waals surface area contributed by atoms with E-state index >= 15 is 0 Å². The summed E-state index contributed by atoms with van der Waals surface area (Å²) in [5.74, 6) is -3.26. The fraction of sp³-hybridized carbons (Fsp3) is 0.571. The first-order valence-corrected chi connectivity index (χ1v) is 5.82. The predicted molar refractivity (Wildman–Crippen MR) is 52.4 cm³/mol. The second-order valence-electron chi connectivity index (χ2n) is 3.18. The van der Waals surface area contributed by atoms with Crippen LogP contribution < -0.4 is 10.5 Å². The van der Waals surface area contributed by atoms with E-state index < -0.39 is 29.0 Å². The molecule has 6 nitrogen and oxygen atoms in total. The maximum Gasteiger partial charge on any atom is 0.273 e. The van der Waals surface area contributed by atoms with Crippen molar-refractivity contribution in [2.24, 2.45) is 12.8 Å². The van der Waals surface area contributed by atoms with Gasteiger partial charge in [-0.3, -0.25) is 4.68 Å². The number of aryl methyl sites for hydroxylation is 1. The van der Waals surface area contributed by atoms with E-state index in [1.54, 1.807) is 4.72 Å². The standard InChI is InChI=1S/C7H12F2N4O2S/c1-13-6(2-3-11-13)16(14,15)12-5-7(8,9)4-10/h2-3,12H,4-5,10H2,1H3. The maximum atomic E-state index is 12.8. The number of hydrogen-bond acceptors (Lipinski definition) is 4. The Morgan fingerprint density at radius 1 is 1.62 bits per heavy atom. The Bertz CT molecular complexity index is 457. The van der Waals surface area contributed by atoms with Crippen molar-refractivity contribution in [2.45, 2.75) is 10.9 Å². The lowest BCUT2D eigenvalue weighted by Gasteiger charge is -2.14. The third-order valence-corrected chi connectivity index (χ3v) is 3.35. The minimum Gasteiger partial charge on any atom is -0.325 e. The van der Waals surface area contributed by atoms with Gasteiger partial charge in [0.2, 0.25) is 0 Å². The summed E-state index contributed by atoms with van der Waals surface area (Å²) in [5, 5.41) is 3.45. The molecule has 92 valence electrons. The van der Waals surface area contributed by atoms with Gasteiger partial charge in [-0.2, -0.15) is 5.10 Å². The Hall–Kier alpha value is -1.06. The predicted octanol–water partition coefficient (Wildman–Crippen LogP) is -0.708. The van der Waals surface area contributed by atoms with Crippen LogP contribution in [-0.4, -0.2) is 37.2 Å². The van der Waals surface area contributed by atoms with Crippen molar-refractivity contribution in [3.63, 3.8) is 0 Å². The Balaban J connectivity index is 2.79. The van der Waals surface area contributed by atoms with Gasteiger partial charge in [0.05, 0.1) is 19.3 Å². The second kappa shape index (κ2) is 4.44. The molecular weight excluding hydrogens is 242 g/mol. The van der Waals surface area contributed by atoms with Crippen LogP contribution in [0.4, 0.5) is 8.78 Å². The molecule has 0 fully saturated rings. The van der Waals surface area contributed by atoms with E-state index in [0.717, 1.165) is 4.68 Å². The van der Waals surface area contributed by atoms with E-state index in [1.807, 2.05) is 0 Å². The van der Waals surface area contributed by atoms with Gasteiger partial charge in [-0.1, -0.05) is 0 Å². The number of hydrogen-bond donors (Lipinski definition) is 2. The summed E-state index contributed by atoms with van der Waals surface area (Å²) in [4.78, 5) is 0. The summed E-state index contributed by atoms with van der Waals surface area (Å²) in [6.07, 6.45) is 1.26. The smallest absolute Gasteiger partial charge is 0.273 e. The van der Waals surface area contributed by atoms with Crippen molar-refractivity contribution in [2.75, 3.05) is 13.1 Å². The molecule has 0 saturated heterocycles. The Kier molecular flexibility index (Phi) is 3.61. The van der Waals surface area contributed by atoms with Crippen molar-refractivity contribution in [1.82, 2.24) is 14.5 Å². The molecule has 0 bridgehead atoms. The normalized spacial score (nSPS) is 13.0. The van der Waals surface area contributed by atoms with Crippen molar-refractivity contribution >= 4 is 10.0 Å². The molecule has 1 heterocycles. The van der Waals surface area contributed by atoms with E-state index in [4.69, 9.17) is 5.73 Å². The molecule has 0 unspecified atom stereocenters. The highest BCUT2D eigenvalue weighted by molar-refractivity contribution is 7.89. The number of nitrogens with two attached hydrogens (primary N) is 1. The van der Waals surface area contributed by atoms with E-state index in [0.29, 0.717) is 0 Å². The summed E-state index contributed by atoms with van der Waals surface area (Å²) in [6.45, 7) is -1.95. The first-order chi connectivity index (χ1) is 7.28. The molecule has 0 atom stereocenters. The van der Waals surface area contributed by atoms with Crippen molar-refractivity contribution in [1.29, 1.82) is 0 Å². The molecule has 0 amide bonds. The van der Waals surface area contributed by atoms with Gasteiger partial charge in [-0.05, 0) is 6.07 Å². The zero-order valence-corrected chi connectivity index (χ0v) is 9.34. The second-order valence-corrected chi connectivity index (χ2v) is 4.89. The van der Waals surface area contributed by atoms with Gasteiger partial charge in [0.1, 0.15) is 0 Å². The maximum absolute atomic E-state index is 12.8. The third-order valence-electron chi connectivity index (χ3n) is 1.87. The van der Waals surface area contributed by atoms with Crippen LogP contribution in [0.1, 0.15) is 0 Å². The number of nitrogens with one attached hydrogen (secondary N) is 1. The average molecular weight is 254 g/mol. The van der Waals surface area contributed by atoms with Gasteiger partial charge < -0.3 is 5.73 Å². The number of alkyl halides is 2. The summed E-state index contributed by atoms with van der Waals surface area (Å²) in [7, 11) is -2.58. The van der Waals surface area contributed by atoms with Crippen LogP contribution in [0.3, 0.4) is 0 Å². The molecular formula is C7H12F2N4O2S. The molecule has 0 aromatic carbocycles. The third kappa shape index (κ3) is 2.97. The molecule has 0 spiro atoms. The summed E-state index contributed by atoms with van der Waals surface area (Å²) in [5.41, 5.74) is 4.78. The van der Waals surface area contributed by atoms with Gasteiger partial charge in [0.15, 0.2) is 5.03 Å². The highest BCUT2D eigenvalue weighted by Crippen LogP contribution is 2.12. The van der Waals surface area contributed by atoms with Crippen molar-refractivity contribution in [3.8, 4) is 0 Å². The summed E-state index contributed by atoms with van der Waals surface area (Å²) < 4.78 is 51.4. The highest BCUT2D eigenvalue weighted by atomic mass is 32.2. The van der Waals surface area contributed by atoms with Crippen LogP contribution in [-0.2, 0) is 17.1 Å². The fourth-order valence-electron chi connectivity index (χ4n) is 0.972. The van der Waals surface area contributed by atoms with E-state index in [-0.39, 0.29) is 5.03 Å². The average Bonchev–Trinajstić information content (AvgIpc) is 2.63. The molecule has 16 heavy (non-hydrogen) atoms. The zero-order chi connectivity index (χ0) is 12.4. The molecule has 0 aliphatic rings. The topological polar surface area (TPSA) is 90.0 Å². The highest BCUT2D eigenvalue weighted by Gasteiger charge is 2.30. The summed E-state index contributed by atoms with van der Waals surface area (Å²) in [6, 6.07) is 1.21. The van der Waals surface area contributed by atoms with Gasteiger partial charge >= 0.3 is 0 Å². The summed E-state index contributed by atoms with van der Waals surface area (Å²) >= 11 is 0. The Labute approximate surface area is 91.5 Å². The minimum atomic E-state index is -3.98. The van der Waals surface area contributed by atoms with Crippen LogP contribution in [0.25, 0.3) is 0 Å². The number of sulfonamides is 1. The molecule has 1 aromatic rings. The van der Waals surface area contributed by atoms with Crippen LogP contribution >= 0.6 is 0 Å². The van der Waals surface area contributed by atoms with Crippen LogP contribution in [0.5, 0.6) is 0 Å². The lowest BCUT2D eigenvalue weighted by molar-refractivity contribution is 0.0170. The molecule has 0 aliphatic heterocycles. The van der Waals surface area contributed by atoms with Gasteiger partial charge in [0, 0.05) is 7.05 Å². The van der Waals surface area contributed by atoms with E-state index in [1.165, 1.54) is 19.3 Å². The van der Waals surface area contributed by atoms with Gasteiger partial charge in [0.25, 0.3) is 15.9 Å². The lowest BCUT2D eigenvalue weighted by Crippen LogP contribution is -2.41. The van der Waals surface area contributed by atoms with E-state index in [9.17, 15) is 17.2 Å². The zero-order valence-electron chi connectivity index (χ0n) is 8.52. The molecule has 0 radical (unpaired) electrons. The molecule has 9 heteroatoms. The number of nitrogens with zero attached hydrogens (tertiary/aromatic N) is 2. The molecule has 0 aliphatic carbocycles. The van der Waals surface area contributed by atoms with Gasteiger partial charge in [-0.15, -0.1) is 0 Å². The Morgan fingerprint density at radius 2 is 2.25 bits per heavy atom. The Morgan fingerprint density at radius 3 is 2.69 bits per heavy atom. The van der Waals surface area contributed by atoms with Crippen molar-refractivity contribution in [3.05, 3.63) is 12.3 Å². The molecule has 1 aromatic heterocycles. The van der Waals surface area contributed by atoms with Gasteiger partial charge in [-0.25, -0.2) is 21.9 Å². The van der Waals surface area contributed by atoms with Crippen LogP contribution in [0, 0.1) is 0 Å². The minimum absolute atomic E-state index is 0.180. The number of halogens is 2. The van der Waals surface area contributed by atoms with Crippen LogP contribution in [0.2, 0.25) is 0 Å².